The van der Waals surface area contributed by atoms with E-state index in [-0.39, 0.29) is 11.8 Å². The van der Waals surface area contributed by atoms with E-state index in [2.05, 4.69) is 5.32 Å². The standard InChI is InChI=1S/C19H20N2O2/c1-14-8-10-15(11-9-14)20-17(22)19(12-13-19)18(23)21(2)16-6-4-3-5-7-16/h3-11H,12-13H2,1-2H3,(H,20,22). The van der Waals surface area contributed by atoms with Crippen LogP contribution in [0.25, 0.3) is 0 Å². The number of anilines is 2. The molecule has 1 aliphatic carbocycles. The molecular formula is C19H20N2O2. The summed E-state index contributed by atoms with van der Waals surface area (Å²) in [6.45, 7) is 1.99. The number of hydrogen-bond donors (Lipinski definition) is 1. The number of aryl methyl sites for hydroxylation is 1. The summed E-state index contributed by atoms with van der Waals surface area (Å²) in [6.07, 6.45) is 1.20. The number of carbonyl (C=O) groups excluding carboxylic acids is 2. The van der Waals surface area contributed by atoms with E-state index in [0.29, 0.717) is 12.8 Å². The molecule has 0 aliphatic heterocycles. The van der Waals surface area contributed by atoms with E-state index >= 15 is 0 Å². The largest absolute Gasteiger partial charge is 0.325 e. The number of benzene rings is 2. The molecule has 1 N–H and O–H groups in total. The molecule has 0 radical (unpaired) electrons. The normalized spacial score (nSPS) is 14.9. The molecule has 118 valence electrons. The van der Waals surface area contributed by atoms with E-state index in [0.717, 1.165) is 16.9 Å². The monoisotopic (exact) mass is 308 g/mol. The number of amides is 2. The van der Waals surface area contributed by atoms with Crippen molar-refractivity contribution in [2.75, 3.05) is 17.3 Å². The molecule has 0 bridgehead atoms. The molecule has 2 aromatic carbocycles. The number of para-hydroxylation sites is 1. The van der Waals surface area contributed by atoms with Crippen molar-refractivity contribution >= 4 is 23.2 Å². The van der Waals surface area contributed by atoms with Crippen LogP contribution in [0, 0.1) is 12.3 Å². The van der Waals surface area contributed by atoms with Gasteiger partial charge in [-0.1, -0.05) is 35.9 Å². The maximum Gasteiger partial charge on any atom is 0.242 e. The molecule has 2 amide bonds. The molecule has 0 unspecified atom stereocenters. The molecule has 1 saturated carbocycles. The van der Waals surface area contributed by atoms with Gasteiger partial charge in [0.15, 0.2) is 0 Å². The first-order chi connectivity index (χ1) is 11.0. The van der Waals surface area contributed by atoms with E-state index in [1.165, 1.54) is 0 Å². The number of carbonyl (C=O) groups is 2. The van der Waals surface area contributed by atoms with Gasteiger partial charge in [-0.25, -0.2) is 0 Å². The summed E-state index contributed by atoms with van der Waals surface area (Å²) in [5.74, 6) is -0.359. The smallest absolute Gasteiger partial charge is 0.242 e. The summed E-state index contributed by atoms with van der Waals surface area (Å²) < 4.78 is 0. The van der Waals surface area contributed by atoms with E-state index in [4.69, 9.17) is 0 Å². The third kappa shape index (κ3) is 2.97. The van der Waals surface area contributed by atoms with Gasteiger partial charge in [0.05, 0.1) is 0 Å². The quantitative estimate of drug-likeness (QED) is 0.880. The Morgan fingerprint density at radius 3 is 2.17 bits per heavy atom. The number of hydrogen-bond acceptors (Lipinski definition) is 2. The zero-order valence-electron chi connectivity index (χ0n) is 13.4. The van der Waals surface area contributed by atoms with E-state index in [1.54, 1.807) is 11.9 Å². The fourth-order valence-corrected chi connectivity index (χ4v) is 2.64. The van der Waals surface area contributed by atoms with Gasteiger partial charge < -0.3 is 10.2 Å². The Labute approximate surface area is 136 Å². The van der Waals surface area contributed by atoms with Gasteiger partial charge in [0.25, 0.3) is 0 Å². The molecule has 4 nitrogen and oxygen atoms in total. The lowest BCUT2D eigenvalue weighted by Crippen LogP contribution is -2.41. The zero-order valence-corrected chi connectivity index (χ0v) is 13.4. The Morgan fingerprint density at radius 2 is 1.61 bits per heavy atom. The van der Waals surface area contributed by atoms with Crippen LogP contribution >= 0.6 is 0 Å². The lowest BCUT2D eigenvalue weighted by Gasteiger charge is -2.23. The lowest BCUT2D eigenvalue weighted by molar-refractivity contribution is -0.132. The van der Waals surface area contributed by atoms with Crippen molar-refractivity contribution in [3.05, 3.63) is 60.2 Å². The fourth-order valence-electron chi connectivity index (χ4n) is 2.64. The molecule has 0 saturated heterocycles. The van der Waals surface area contributed by atoms with Gasteiger partial charge in [0.1, 0.15) is 5.41 Å². The summed E-state index contributed by atoms with van der Waals surface area (Å²) in [6, 6.07) is 17.0. The average molecular weight is 308 g/mol. The highest BCUT2D eigenvalue weighted by Crippen LogP contribution is 2.48. The van der Waals surface area contributed by atoms with Crippen molar-refractivity contribution in [3.8, 4) is 0 Å². The zero-order chi connectivity index (χ0) is 16.4. The van der Waals surface area contributed by atoms with Crippen LogP contribution in [-0.4, -0.2) is 18.9 Å². The third-order valence-corrected chi connectivity index (χ3v) is 4.35. The third-order valence-electron chi connectivity index (χ3n) is 4.35. The highest BCUT2D eigenvalue weighted by Gasteiger charge is 2.57. The second kappa shape index (κ2) is 5.88. The topological polar surface area (TPSA) is 49.4 Å². The number of nitrogens with zero attached hydrogens (tertiary/aromatic N) is 1. The summed E-state index contributed by atoms with van der Waals surface area (Å²) in [7, 11) is 1.72. The van der Waals surface area contributed by atoms with E-state index in [1.807, 2.05) is 61.5 Å². The predicted octanol–water partition coefficient (Wildman–Crippen LogP) is 3.38. The summed E-state index contributed by atoms with van der Waals surface area (Å²) in [5, 5.41) is 2.87. The van der Waals surface area contributed by atoms with Crippen LogP contribution < -0.4 is 10.2 Å². The van der Waals surface area contributed by atoms with Gasteiger partial charge in [-0.15, -0.1) is 0 Å². The lowest BCUT2D eigenvalue weighted by atomic mass is 10.0. The first kappa shape index (κ1) is 15.3. The van der Waals surface area contributed by atoms with Crippen molar-refractivity contribution < 1.29 is 9.59 Å². The maximum atomic E-state index is 12.8. The molecule has 0 aromatic heterocycles. The molecule has 3 rings (SSSR count). The first-order valence-electron chi connectivity index (χ1n) is 7.74. The van der Waals surface area contributed by atoms with Crippen LogP contribution in [0.2, 0.25) is 0 Å². The van der Waals surface area contributed by atoms with Crippen LogP contribution in [0.1, 0.15) is 18.4 Å². The van der Waals surface area contributed by atoms with Crippen LogP contribution in [0.5, 0.6) is 0 Å². The first-order valence-corrected chi connectivity index (χ1v) is 7.74. The van der Waals surface area contributed by atoms with Crippen LogP contribution in [0.3, 0.4) is 0 Å². The highest BCUT2D eigenvalue weighted by atomic mass is 16.2. The minimum atomic E-state index is -0.921. The highest BCUT2D eigenvalue weighted by molar-refractivity contribution is 6.17. The minimum Gasteiger partial charge on any atom is -0.325 e. The molecule has 0 atom stereocenters. The fraction of sp³-hybridized carbons (Fsp3) is 0.263. The number of rotatable bonds is 4. The van der Waals surface area contributed by atoms with Gasteiger partial charge in [-0.3, -0.25) is 9.59 Å². The summed E-state index contributed by atoms with van der Waals surface area (Å²) in [5.41, 5.74) is 1.73. The van der Waals surface area contributed by atoms with Crippen molar-refractivity contribution in [1.82, 2.24) is 0 Å². The van der Waals surface area contributed by atoms with Gasteiger partial charge in [-0.2, -0.15) is 0 Å². The molecule has 2 aromatic rings. The average Bonchev–Trinajstić information content (AvgIpc) is 3.38. The summed E-state index contributed by atoms with van der Waals surface area (Å²) in [4.78, 5) is 26.9. The van der Waals surface area contributed by atoms with Crippen molar-refractivity contribution in [2.24, 2.45) is 5.41 Å². The molecule has 0 heterocycles. The Kier molecular flexibility index (Phi) is 3.90. The van der Waals surface area contributed by atoms with Crippen LogP contribution in [0.4, 0.5) is 11.4 Å². The number of nitrogens with one attached hydrogen (secondary N) is 1. The van der Waals surface area contributed by atoms with Gasteiger partial charge in [0, 0.05) is 18.4 Å². The molecular weight excluding hydrogens is 288 g/mol. The van der Waals surface area contributed by atoms with Crippen LogP contribution in [0.15, 0.2) is 54.6 Å². The molecule has 1 aliphatic rings. The molecule has 1 fully saturated rings. The molecule has 4 heteroatoms. The van der Waals surface area contributed by atoms with Gasteiger partial charge in [-0.05, 0) is 44.0 Å². The van der Waals surface area contributed by atoms with E-state index in [9.17, 15) is 9.59 Å². The second-order valence-corrected chi connectivity index (χ2v) is 6.10. The van der Waals surface area contributed by atoms with E-state index < -0.39 is 5.41 Å². The minimum absolute atomic E-state index is 0.145. The molecule has 0 spiro atoms. The van der Waals surface area contributed by atoms with Crippen molar-refractivity contribution in [2.45, 2.75) is 19.8 Å². The van der Waals surface area contributed by atoms with Crippen molar-refractivity contribution in [1.29, 1.82) is 0 Å². The SMILES string of the molecule is Cc1ccc(NC(=O)C2(C(=O)N(C)c3ccccc3)CC2)cc1. The Hall–Kier alpha value is -2.62. The Balaban J connectivity index is 1.74. The Morgan fingerprint density at radius 1 is 1.00 bits per heavy atom. The Bertz CT molecular complexity index is 719. The van der Waals surface area contributed by atoms with Crippen LogP contribution in [-0.2, 0) is 9.59 Å². The molecule has 23 heavy (non-hydrogen) atoms. The van der Waals surface area contributed by atoms with Crippen molar-refractivity contribution in [3.63, 3.8) is 0 Å². The summed E-state index contributed by atoms with van der Waals surface area (Å²) >= 11 is 0. The van der Waals surface area contributed by atoms with Gasteiger partial charge in [0.2, 0.25) is 11.8 Å². The van der Waals surface area contributed by atoms with Gasteiger partial charge >= 0.3 is 0 Å². The maximum absolute atomic E-state index is 12.8. The predicted molar refractivity (Wildman–Crippen MR) is 91.3 cm³/mol. The second-order valence-electron chi connectivity index (χ2n) is 6.10.